The van der Waals surface area contributed by atoms with Gasteiger partial charge in [0.05, 0.1) is 4.90 Å². The van der Waals surface area contributed by atoms with Gasteiger partial charge in [-0.3, -0.25) is 4.79 Å². The number of hydrogen-bond acceptors (Lipinski definition) is 3. The minimum Gasteiger partial charge on any atom is -0.326 e. The van der Waals surface area contributed by atoms with Gasteiger partial charge in [-0.1, -0.05) is 6.07 Å². The SMILES string of the molecule is C#CCCCCC(=O)Nc1cc(S(N)(=O)=O)ccc1C. The minimum absolute atomic E-state index is 0.0225. The van der Waals surface area contributed by atoms with Crippen LogP contribution < -0.4 is 10.5 Å². The fourth-order valence-electron chi connectivity index (χ4n) is 1.64. The van der Waals surface area contributed by atoms with Crippen LogP contribution in [-0.2, 0) is 14.8 Å². The molecule has 0 unspecified atom stereocenters. The number of nitrogens with one attached hydrogen (secondary N) is 1. The predicted molar refractivity (Wildman–Crippen MR) is 78.5 cm³/mol. The zero-order valence-corrected chi connectivity index (χ0v) is 12.2. The highest BCUT2D eigenvalue weighted by atomic mass is 32.2. The second-order valence-corrected chi connectivity index (χ2v) is 6.04. The Morgan fingerprint density at radius 1 is 1.40 bits per heavy atom. The number of hydrogen-bond donors (Lipinski definition) is 2. The van der Waals surface area contributed by atoms with E-state index in [0.717, 1.165) is 12.0 Å². The van der Waals surface area contributed by atoms with E-state index >= 15 is 0 Å². The zero-order chi connectivity index (χ0) is 15.2. The third-order valence-corrected chi connectivity index (χ3v) is 3.70. The normalized spacial score (nSPS) is 10.8. The lowest BCUT2D eigenvalue weighted by atomic mass is 10.1. The van der Waals surface area contributed by atoms with Crippen LogP contribution in [0.5, 0.6) is 0 Å². The van der Waals surface area contributed by atoms with Crippen molar-refractivity contribution in [3.05, 3.63) is 23.8 Å². The smallest absolute Gasteiger partial charge is 0.238 e. The van der Waals surface area contributed by atoms with Crippen molar-refractivity contribution < 1.29 is 13.2 Å². The molecule has 0 atom stereocenters. The number of terminal acetylenes is 1. The Labute approximate surface area is 119 Å². The van der Waals surface area contributed by atoms with Gasteiger partial charge >= 0.3 is 0 Å². The van der Waals surface area contributed by atoms with E-state index in [0.29, 0.717) is 24.9 Å². The average molecular weight is 294 g/mol. The van der Waals surface area contributed by atoms with E-state index in [1.165, 1.54) is 12.1 Å². The van der Waals surface area contributed by atoms with E-state index in [1.54, 1.807) is 13.0 Å². The molecular formula is C14H18N2O3S. The molecule has 0 bridgehead atoms. The Morgan fingerprint density at radius 3 is 2.70 bits per heavy atom. The Hall–Kier alpha value is -1.84. The Balaban J connectivity index is 2.72. The van der Waals surface area contributed by atoms with Crippen LogP contribution in [0.3, 0.4) is 0 Å². The van der Waals surface area contributed by atoms with Gasteiger partial charge in [0, 0.05) is 18.5 Å². The number of primary sulfonamides is 1. The highest BCUT2D eigenvalue weighted by molar-refractivity contribution is 7.89. The molecule has 5 nitrogen and oxygen atoms in total. The number of nitrogens with two attached hydrogens (primary N) is 1. The second-order valence-electron chi connectivity index (χ2n) is 4.48. The summed E-state index contributed by atoms with van der Waals surface area (Å²) in [5.41, 5.74) is 1.23. The lowest BCUT2D eigenvalue weighted by Crippen LogP contribution is -2.15. The summed E-state index contributed by atoms with van der Waals surface area (Å²) < 4.78 is 22.5. The number of aryl methyl sites for hydroxylation is 1. The molecule has 0 aliphatic rings. The van der Waals surface area contributed by atoms with Gasteiger partial charge in [0.2, 0.25) is 15.9 Å². The number of sulfonamides is 1. The number of amides is 1. The molecule has 20 heavy (non-hydrogen) atoms. The van der Waals surface area contributed by atoms with Gasteiger partial charge in [-0.2, -0.15) is 0 Å². The molecule has 6 heteroatoms. The largest absolute Gasteiger partial charge is 0.326 e. The molecule has 0 radical (unpaired) electrons. The van der Waals surface area contributed by atoms with Crippen molar-refractivity contribution in [3.8, 4) is 12.3 Å². The van der Waals surface area contributed by atoms with Crippen molar-refractivity contribution in [2.75, 3.05) is 5.32 Å². The van der Waals surface area contributed by atoms with Crippen molar-refractivity contribution in [3.63, 3.8) is 0 Å². The van der Waals surface area contributed by atoms with Crippen LogP contribution in [0.15, 0.2) is 23.1 Å². The molecule has 0 spiro atoms. The van der Waals surface area contributed by atoms with Crippen molar-refractivity contribution in [2.45, 2.75) is 37.5 Å². The van der Waals surface area contributed by atoms with Crippen LogP contribution in [0.1, 0.15) is 31.2 Å². The fourth-order valence-corrected chi connectivity index (χ4v) is 2.18. The number of benzene rings is 1. The molecular weight excluding hydrogens is 276 g/mol. The maximum Gasteiger partial charge on any atom is 0.238 e. The predicted octanol–water partition coefficient (Wildman–Crippen LogP) is 1.77. The van der Waals surface area contributed by atoms with Gasteiger partial charge in [0.15, 0.2) is 0 Å². The summed E-state index contributed by atoms with van der Waals surface area (Å²) in [6.07, 6.45) is 7.61. The first-order chi connectivity index (χ1) is 9.34. The average Bonchev–Trinajstić information content (AvgIpc) is 2.36. The highest BCUT2D eigenvalue weighted by Gasteiger charge is 2.11. The summed E-state index contributed by atoms with van der Waals surface area (Å²) >= 11 is 0. The minimum atomic E-state index is -3.78. The monoisotopic (exact) mass is 294 g/mol. The molecule has 3 N–H and O–H groups in total. The van der Waals surface area contributed by atoms with Crippen LogP contribution in [-0.4, -0.2) is 14.3 Å². The zero-order valence-electron chi connectivity index (χ0n) is 11.3. The van der Waals surface area contributed by atoms with Crippen molar-refractivity contribution in [1.29, 1.82) is 0 Å². The molecule has 108 valence electrons. The Morgan fingerprint density at radius 2 is 2.10 bits per heavy atom. The summed E-state index contributed by atoms with van der Waals surface area (Å²) in [7, 11) is -3.78. The molecule has 0 saturated heterocycles. The Bertz CT molecular complexity index is 630. The highest BCUT2D eigenvalue weighted by Crippen LogP contribution is 2.19. The maximum absolute atomic E-state index is 11.7. The standard InChI is InChI=1S/C14H18N2O3S/c1-3-4-5-6-7-14(17)16-13-10-12(20(15,18)19)9-8-11(13)2/h1,8-10H,4-7H2,2H3,(H,16,17)(H2,15,18,19). The number of carbonyl (C=O) groups excluding carboxylic acids is 1. The van der Waals surface area contributed by atoms with E-state index in [-0.39, 0.29) is 10.8 Å². The van der Waals surface area contributed by atoms with Gasteiger partial charge < -0.3 is 5.32 Å². The van der Waals surface area contributed by atoms with Crippen molar-refractivity contribution in [2.24, 2.45) is 5.14 Å². The van der Waals surface area contributed by atoms with Gasteiger partial charge in [0.25, 0.3) is 0 Å². The first-order valence-corrected chi connectivity index (χ1v) is 7.76. The molecule has 0 aliphatic heterocycles. The first kappa shape index (κ1) is 16.2. The topological polar surface area (TPSA) is 89.3 Å². The molecule has 0 saturated carbocycles. The van der Waals surface area contributed by atoms with Crippen molar-refractivity contribution in [1.82, 2.24) is 0 Å². The number of unbranched alkanes of at least 4 members (excludes halogenated alkanes) is 2. The summed E-state index contributed by atoms with van der Waals surface area (Å²) in [4.78, 5) is 11.7. The van der Waals surface area contributed by atoms with E-state index in [1.807, 2.05) is 0 Å². The van der Waals surface area contributed by atoms with Gasteiger partial charge in [-0.15, -0.1) is 12.3 Å². The summed E-state index contributed by atoms with van der Waals surface area (Å²) in [6.45, 7) is 1.78. The summed E-state index contributed by atoms with van der Waals surface area (Å²) in [5.74, 6) is 2.34. The van der Waals surface area contributed by atoms with Crippen LogP contribution in [0.4, 0.5) is 5.69 Å². The first-order valence-electron chi connectivity index (χ1n) is 6.21. The van der Waals surface area contributed by atoms with Crippen LogP contribution >= 0.6 is 0 Å². The molecule has 0 aliphatic carbocycles. The molecule has 0 heterocycles. The number of carbonyl (C=O) groups is 1. The maximum atomic E-state index is 11.7. The summed E-state index contributed by atoms with van der Waals surface area (Å²) in [5, 5.41) is 7.75. The molecule has 1 aromatic rings. The third kappa shape index (κ3) is 5.03. The number of anilines is 1. The van der Waals surface area contributed by atoms with Crippen LogP contribution in [0.2, 0.25) is 0 Å². The van der Waals surface area contributed by atoms with E-state index in [9.17, 15) is 13.2 Å². The number of rotatable bonds is 6. The second kappa shape index (κ2) is 7.08. The Kier molecular flexibility index (Phi) is 5.74. The van der Waals surface area contributed by atoms with Gasteiger partial charge in [-0.05, 0) is 37.5 Å². The lowest BCUT2D eigenvalue weighted by molar-refractivity contribution is -0.116. The third-order valence-electron chi connectivity index (χ3n) is 2.79. The molecule has 0 fully saturated rings. The molecule has 1 aromatic carbocycles. The van der Waals surface area contributed by atoms with E-state index < -0.39 is 10.0 Å². The fraction of sp³-hybridized carbons (Fsp3) is 0.357. The quantitative estimate of drug-likeness (QED) is 0.619. The molecule has 1 amide bonds. The molecule has 1 rings (SSSR count). The van der Waals surface area contributed by atoms with Crippen molar-refractivity contribution >= 4 is 21.6 Å². The van der Waals surface area contributed by atoms with Gasteiger partial charge in [0.1, 0.15) is 0 Å². The molecule has 0 aromatic heterocycles. The van der Waals surface area contributed by atoms with E-state index in [4.69, 9.17) is 11.6 Å². The van der Waals surface area contributed by atoms with E-state index in [2.05, 4.69) is 11.2 Å². The van der Waals surface area contributed by atoms with Crippen LogP contribution in [0.25, 0.3) is 0 Å². The summed E-state index contributed by atoms with van der Waals surface area (Å²) in [6, 6.07) is 4.38. The lowest BCUT2D eigenvalue weighted by Gasteiger charge is -2.09. The van der Waals surface area contributed by atoms with Gasteiger partial charge in [-0.25, -0.2) is 13.6 Å². The van der Waals surface area contributed by atoms with Crippen LogP contribution in [0, 0.1) is 19.3 Å².